The molecule has 0 aromatic heterocycles. The number of hydrogen-bond acceptors (Lipinski definition) is 7. The minimum atomic E-state index is -4.69. The number of hydrogen-bond donors (Lipinski definition) is 3. The van der Waals surface area contributed by atoms with E-state index in [1.807, 2.05) is 0 Å². The van der Waals surface area contributed by atoms with Crippen LogP contribution in [0.3, 0.4) is 0 Å². The summed E-state index contributed by atoms with van der Waals surface area (Å²) in [6.07, 6.45) is 8.88. The van der Waals surface area contributed by atoms with E-state index < -0.39 is 10.2 Å². The lowest BCUT2D eigenvalue weighted by Gasteiger charge is -2.11. The quantitative estimate of drug-likeness (QED) is 0.374. The summed E-state index contributed by atoms with van der Waals surface area (Å²) in [7, 11) is -4.69. The van der Waals surface area contributed by atoms with Crippen LogP contribution in [0.4, 0.5) is 0 Å². The summed E-state index contributed by atoms with van der Waals surface area (Å²) in [6.45, 7) is 6.92. The Balaban J connectivity index is -0.000000520. The van der Waals surface area contributed by atoms with Gasteiger partial charge >= 0.3 is 0 Å². The zero-order valence-electron chi connectivity index (χ0n) is 14.0. The van der Waals surface area contributed by atoms with Crippen molar-refractivity contribution in [2.45, 2.75) is 65.7 Å². The average Bonchev–Trinajstić information content (AvgIpc) is 2.34. The predicted molar refractivity (Wildman–Crippen MR) is 76.6 cm³/mol. The van der Waals surface area contributed by atoms with Crippen LogP contribution < -0.4 is 20.1 Å². The minimum absolute atomic E-state index is 0. The van der Waals surface area contributed by atoms with Gasteiger partial charge in [0.05, 0.1) is 27.3 Å². The van der Waals surface area contributed by atoms with Crippen LogP contribution in [-0.4, -0.2) is 23.0 Å². The van der Waals surface area contributed by atoms with Crippen molar-refractivity contribution in [3.05, 3.63) is 11.3 Å². The van der Waals surface area contributed by atoms with Gasteiger partial charge in [-0.15, -0.1) is 0 Å². The lowest BCUT2D eigenvalue weighted by molar-refractivity contribution is -1.92. The SMILES string of the molecule is CCCCCCCCC(OCCO)=C(C)C.N.[O-][Cl+3]([O-])([O-])O. The fraction of sp³-hybridized carbons (Fsp3) is 0.857. The molecule has 0 atom stereocenters. The third-order valence-corrected chi connectivity index (χ3v) is 2.68. The molecule has 0 radical (unpaired) electrons. The third kappa shape index (κ3) is 27.9. The van der Waals surface area contributed by atoms with Gasteiger partial charge in [-0.25, -0.2) is 0 Å². The molecule has 0 aliphatic rings. The number of halogens is 1. The molecular weight excluding hydrogens is 314 g/mol. The number of allylic oxidation sites excluding steroid dienone is 2. The third-order valence-electron chi connectivity index (χ3n) is 2.68. The first-order valence-electron chi connectivity index (χ1n) is 7.25. The molecule has 7 nitrogen and oxygen atoms in total. The molecule has 22 heavy (non-hydrogen) atoms. The first-order valence-corrected chi connectivity index (χ1v) is 8.52. The fourth-order valence-corrected chi connectivity index (χ4v) is 1.70. The molecule has 0 saturated carbocycles. The van der Waals surface area contributed by atoms with Gasteiger partial charge in [-0.05, 0) is 25.8 Å². The zero-order chi connectivity index (χ0) is 16.7. The first-order chi connectivity index (χ1) is 9.72. The fourth-order valence-electron chi connectivity index (χ4n) is 1.70. The van der Waals surface area contributed by atoms with Crippen LogP contribution in [0, 0.1) is 10.2 Å². The number of aliphatic hydroxyl groups is 1. The highest BCUT2D eigenvalue weighted by atomic mass is 35.7. The Morgan fingerprint density at radius 2 is 1.45 bits per heavy atom. The van der Waals surface area contributed by atoms with Gasteiger partial charge in [-0.1, -0.05) is 39.0 Å². The van der Waals surface area contributed by atoms with E-state index in [9.17, 15) is 0 Å². The van der Waals surface area contributed by atoms with Crippen LogP contribution in [0.15, 0.2) is 11.3 Å². The molecule has 8 heteroatoms. The molecule has 0 amide bonds. The average molecular weight is 346 g/mol. The summed E-state index contributed by atoms with van der Waals surface area (Å²) in [4.78, 5) is 0. The van der Waals surface area contributed by atoms with E-state index in [4.69, 9.17) is 28.5 Å². The Kier molecular flexibility index (Phi) is 20.4. The number of unbranched alkanes of at least 4 members (excludes halogenated alkanes) is 5. The molecule has 0 aliphatic carbocycles. The van der Waals surface area contributed by atoms with E-state index in [0.717, 1.165) is 12.2 Å². The Bertz CT molecular complexity index is 259. The summed E-state index contributed by atoms with van der Waals surface area (Å²) in [6, 6.07) is 0. The second kappa shape index (κ2) is 17.0. The Morgan fingerprint density at radius 3 is 1.86 bits per heavy atom. The highest BCUT2D eigenvalue weighted by Crippen LogP contribution is 2.15. The monoisotopic (exact) mass is 345 g/mol. The van der Waals surface area contributed by atoms with E-state index in [1.165, 1.54) is 44.1 Å². The van der Waals surface area contributed by atoms with Crippen LogP contribution in [-0.2, 0) is 4.74 Å². The van der Waals surface area contributed by atoms with Crippen LogP contribution in [0.5, 0.6) is 0 Å². The van der Waals surface area contributed by atoms with Gasteiger partial charge in [-0.3, -0.25) is 0 Å². The summed E-state index contributed by atoms with van der Waals surface area (Å²) in [5, 5.41) is 8.72. The Morgan fingerprint density at radius 1 is 1.00 bits per heavy atom. The van der Waals surface area contributed by atoms with Crippen molar-refractivity contribution in [2.24, 2.45) is 0 Å². The van der Waals surface area contributed by atoms with Gasteiger partial charge in [0.15, 0.2) is 0 Å². The summed E-state index contributed by atoms with van der Waals surface area (Å²) in [5.74, 6) is 1.07. The Hall–Kier alpha value is -0.410. The molecule has 5 N–H and O–H groups in total. The van der Waals surface area contributed by atoms with Crippen molar-refractivity contribution in [2.75, 3.05) is 13.2 Å². The normalized spacial score (nSPS) is 10.2. The van der Waals surface area contributed by atoms with Crippen molar-refractivity contribution >= 4 is 0 Å². The van der Waals surface area contributed by atoms with E-state index >= 15 is 0 Å². The van der Waals surface area contributed by atoms with E-state index in [-0.39, 0.29) is 12.8 Å². The molecule has 0 aromatic carbocycles. The summed E-state index contributed by atoms with van der Waals surface area (Å²) >= 11 is 0. The number of rotatable bonds is 10. The molecule has 0 rings (SSSR count). The van der Waals surface area contributed by atoms with Gasteiger partial charge in [0.2, 0.25) is 0 Å². The smallest absolute Gasteiger partial charge is 0.111 e. The van der Waals surface area contributed by atoms with Crippen molar-refractivity contribution in [1.82, 2.24) is 6.15 Å². The molecule has 0 heterocycles. The lowest BCUT2D eigenvalue weighted by atomic mass is 10.1. The maximum atomic E-state index is 8.72. The van der Waals surface area contributed by atoms with Crippen molar-refractivity contribution in [3.63, 3.8) is 0 Å². The Labute approximate surface area is 135 Å². The second-order valence-electron chi connectivity index (χ2n) is 4.91. The van der Waals surface area contributed by atoms with Gasteiger partial charge in [0.25, 0.3) is 0 Å². The predicted octanol–water partition coefficient (Wildman–Crippen LogP) is 0.0778. The first kappa shape index (κ1) is 26.5. The molecule has 0 bridgehead atoms. The summed E-state index contributed by atoms with van der Waals surface area (Å²) in [5.41, 5.74) is 1.24. The zero-order valence-corrected chi connectivity index (χ0v) is 14.7. The van der Waals surface area contributed by atoms with Gasteiger partial charge in [0.1, 0.15) is 6.61 Å². The maximum absolute atomic E-state index is 8.72. The number of aliphatic hydroxyl groups excluding tert-OH is 1. The van der Waals surface area contributed by atoms with Crippen molar-refractivity contribution in [3.8, 4) is 0 Å². The van der Waals surface area contributed by atoms with Gasteiger partial charge in [-0.2, -0.15) is 14.0 Å². The molecule has 136 valence electrons. The van der Waals surface area contributed by atoms with E-state index in [0.29, 0.717) is 6.61 Å². The van der Waals surface area contributed by atoms with E-state index in [2.05, 4.69) is 20.8 Å². The lowest BCUT2D eigenvalue weighted by Crippen LogP contribution is -2.58. The largest absolute Gasteiger partial charge is 0.496 e. The number of ether oxygens (including phenoxy) is 1. The van der Waals surface area contributed by atoms with Gasteiger partial charge in [0, 0.05) is 6.42 Å². The van der Waals surface area contributed by atoms with Crippen LogP contribution >= 0.6 is 0 Å². The van der Waals surface area contributed by atoms with Gasteiger partial charge < -0.3 is 16.0 Å². The maximum Gasteiger partial charge on any atom is 0.111 e. The van der Waals surface area contributed by atoms with Crippen molar-refractivity contribution < 1.29 is 38.7 Å². The molecular formula is C14H32ClNO6. The molecule has 0 spiro atoms. The molecule has 0 saturated heterocycles. The highest BCUT2D eigenvalue weighted by molar-refractivity contribution is 5.02. The molecule has 0 unspecified atom stereocenters. The highest BCUT2D eigenvalue weighted by Gasteiger charge is 2.01. The van der Waals surface area contributed by atoms with Crippen LogP contribution in [0.1, 0.15) is 65.7 Å². The topological polar surface area (TPSA) is 154 Å². The second-order valence-corrected chi connectivity index (χ2v) is 5.70. The summed E-state index contributed by atoms with van der Waals surface area (Å²) < 4.78 is 38.2. The molecule has 0 fully saturated rings. The van der Waals surface area contributed by atoms with Crippen molar-refractivity contribution in [1.29, 1.82) is 0 Å². The van der Waals surface area contributed by atoms with Crippen LogP contribution in [0.2, 0.25) is 0 Å². The standard InChI is InChI=1S/C14H28O2.ClHO4.H3N/c1-4-5-6-7-8-9-10-14(13(2)3)16-12-11-15;2-1(3,4)5;/h15H,4-12H2,1-3H3;(H,2,3,4,5);1H3. The molecule has 0 aromatic rings. The minimum Gasteiger partial charge on any atom is -0.496 e. The molecule has 0 aliphatic heterocycles. The van der Waals surface area contributed by atoms with Crippen LogP contribution in [0.25, 0.3) is 0 Å². The van der Waals surface area contributed by atoms with E-state index in [1.54, 1.807) is 0 Å².